The van der Waals surface area contributed by atoms with E-state index >= 15 is 0 Å². The molecule has 0 aromatic rings. The van der Waals surface area contributed by atoms with Crippen molar-refractivity contribution in [3.8, 4) is 0 Å². The Labute approximate surface area is 144 Å². The average molecular weight is 357 g/mol. The van der Waals surface area contributed by atoms with E-state index in [0.717, 1.165) is 0 Å². The second-order valence-electron chi connectivity index (χ2n) is 5.75. The lowest BCUT2D eigenvalue weighted by atomic mass is 10.1. The number of carbonyl (C=O) groups is 5. The maximum absolute atomic E-state index is 12.3. The summed E-state index contributed by atoms with van der Waals surface area (Å²) in [5, 5.41) is 13.5. The van der Waals surface area contributed by atoms with Gasteiger partial charge in [-0.15, -0.1) is 0 Å². The van der Waals surface area contributed by atoms with Gasteiger partial charge in [0.2, 0.25) is 23.6 Å². The first-order valence-electron chi connectivity index (χ1n) is 7.78. The summed E-state index contributed by atoms with van der Waals surface area (Å²) in [7, 11) is 0. The number of hydrogen-bond donors (Lipinski definition) is 5. The fourth-order valence-electron chi connectivity index (χ4n) is 2.53. The van der Waals surface area contributed by atoms with Crippen molar-refractivity contribution in [1.29, 1.82) is 0 Å². The van der Waals surface area contributed by atoms with Crippen LogP contribution in [0.25, 0.3) is 0 Å². The van der Waals surface area contributed by atoms with Gasteiger partial charge in [0.15, 0.2) is 0 Å². The molecule has 4 amide bonds. The summed E-state index contributed by atoms with van der Waals surface area (Å²) in [4.78, 5) is 59.2. The van der Waals surface area contributed by atoms with Crippen molar-refractivity contribution >= 4 is 29.6 Å². The Morgan fingerprint density at radius 1 is 1.24 bits per heavy atom. The Morgan fingerprint density at radius 3 is 2.40 bits per heavy atom. The van der Waals surface area contributed by atoms with Crippen molar-refractivity contribution in [1.82, 2.24) is 15.5 Å². The highest BCUT2D eigenvalue weighted by molar-refractivity contribution is 5.94. The number of likely N-dealkylation sites (tertiary alicyclic amines) is 1. The predicted octanol–water partition coefficient (Wildman–Crippen LogP) is -3.11. The second-order valence-corrected chi connectivity index (χ2v) is 5.75. The van der Waals surface area contributed by atoms with Gasteiger partial charge in [-0.25, -0.2) is 4.79 Å². The number of nitrogens with two attached hydrogens (primary N) is 2. The lowest BCUT2D eigenvalue weighted by molar-refractivity contribution is -0.144. The molecule has 25 heavy (non-hydrogen) atoms. The summed E-state index contributed by atoms with van der Waals surface area (Å²) >= 11 is 0. The lowest BCUT2D eigenvalue weighted by Crippen LogP contribution is -2.55. The molecule has 0 bridgehead atoms. The van der Waals surface area contributed by atoms with Crippen LogP contribution in [0.4, 0.5) is 0 Å². The van der Waals surface area contributed by atoms with Crippen LogP contribution in [0.2, 0.25) is 0 Å². The summed E-state index contributed by atoms with van der Waals surface area (Å²) < 4.78 is 0. The van der Waals surface area contributed by atoms with Crippen molar-refractivity contribution in [2.45, 2.75) is 44.3 Å². The maximum Gasteiger partial charge on any atom is 0.326 e. The number of primary amides is 1. The van der Waals surface area contributed by atoms with Gasteiger partial charge in [-0.1, -0.05) is 0 Å². The molecule has 0 aliphatic carbocycles. The maximum atomic E-state index is 12.3. The van der Waals surface area contributed by atoms with Crippen LogP contribution in [0.1, 0.15) is 26.2 Å². The molecule has 1 saturated heterocycles. The molecule has 0 aromatic carbocycles. The SMILES string of the molecule is CC(NC(=O)C1CCCN1C(=O)CN)C(=O)NC(CC(N)=O)C(=O)O. The largest absolute Gasteiger partial charge is 0.480 e. The summed E-state index contributed by atoms with van der Waals surface area (Å²) in [5.74, 6) is -3.96. The minimum absolute atomic E-state index is 0.215. The molecule has 1 fully saturated rings. The number of nitrogens with one attached hydrogen (secondary N) is 2. The molecule has 11 heteroatoms. The van der Waals surface area contributed by atoms with E-state index in [1.807, 2.05) is 0 Å². The third-order valence-corrected chi connectivity index (χ3v) is 3.82. The highest BCUT2D eigenvalue weighted by atomic mass is 16.4. The highest BCUT2D eigenvalue weighted by Crippen LogP contribution is 2.17. The first-order valence-corrected chi connectivity index (χ1v) is 7.78. The number of hydrogen-bond acceptors (Lipinski definition) is 6. The summed E-state index contributed by atoms with van der Waals surface area (Å²) in [5.41, 5.74) is 10.2. The molecule has 1 aliphatic rings. The third kappa shape index (κ3) is 5.71. The fraction of sp³-hybridized carbons (Fsp3) is 0.643. The van der Waals surface area contributed by atoms with Crippen LogP contribution in [0, 0.1) is 0 Å². The van der Waals surface area contributed by atoms with E-state index in [1.165, 1.54) is 11.8 Å². The van der Waals surface area contributed by atoms with Crippen LogP contribution in [0.5, 0.6) is 0 Å². The van der Waals surface area contributed by atoms with E-state index in [2.05, 4.69) is 10.6 Å². The van der Waals surface area contributed by atoms with Gasteiger partial charge in [-0.2, -0.15) is 0 Å². The molecule has 0 spiro atoms. The Morgan fingerprint density at radius 2 is 1.88 bits per heavy atom. The minimum atomic E-state index is -1.48. The van der Waals surface area contributed by atoms with E-state index < -0.39 is 48.2 Å². The van der Waals surface area contributed by atoms with Gasteiger partial charge in [-0.05, 0) is 19.8 Å². The zero-order valence-electron chi connectivity index (χ0n) is 13.9. The molecular weight excluding hydrogens is 334 g/mol. The van der Waals surface area contributed by atoms with Crippen LogP contribution in [-0.4, -0.2) is 70.8 Å². The Kier molecular flexibility index (Phi) is 7.30. The molecule has 1 rings (SSSR count). The summed E-state index contributed by atoms with van der Waals surface area (Å²) in [6.45, 7) is 1.56. The molecule has 1 aliphatic heterocycles. The molecule has 11 nitrogen and oxygen atoms in total. The van der Waals surface area contributed by atoms with Crippen LogP contribution >= 0.6 is 0 Å². The van der Waals surface area contributed by atoms with Crippen LogP contribution in [0.15, 0.2) is 0 Å². The molecule has 7 N–H and O–H groups in total. The van der Waals surface area contributed by atoms with Crippen molar-refractivity contribution in [2.24, 2.45) is 11.5 Å². The molecule has 3 atom stereocenters. The van der Waals surface area contributed by atoms with E-state index in [9.17, 15) is 24.0 Å². The smallest absolute Gasteiger partial charge is 0.326 e. The second kappa shape index (κ2) is 8.97. The molecule has 1 heterocycles. The van der Waals surface area contributed by atoms with Crippen LogP contribution in [0.3, 0.4) is 0 Å². The number of rotatable bonds is 8. The summed E-state index contributed by atoms with van der Waals surface area (Å²) in [6, 6.07) is -3.25. The number of amides is 4. The quantitative estimate of drug-likeness (QED) is 0.304. The number of carboxylic acid groups (broad SMARTS) is 1. The number of nitrogens with zero attached hydrogens (tertiary/aromatic N) is 1. The van der Waals surface area contributed by atoms with E-state index in [-0.39, 0.29) is 12.5 Å². The molecule has 0 aromatic heterocycles. The number of carboxylic acids is 1. The normalized spacial score (nSPS) is 19.0. The van der Waals surface area contributed by atoms with Crippen LogP contribution in [-0.2, 0) is 24.0 Å². The van der Waals surface area contributed by atoms with E-state index in [1.54, 1.807) is 0 Å². The lowest BCUT2D eigenvalue weighted by Gasteiger charge is -2.25. The zero-order chi connectivity index (χ0) is 19.1. The summed E-state index contributed by atoms with van der Waals surface area (Å²) in [6.07, 6.45) is 0.526. The monoisotopic (exact) mass is 357 g/mol. The van der Waals surface area contributed by atoms with Gasteiger partial charge in [0.05, 0.1) is 13.0 Å². The standard InChI is InChI=1S/C14H23N5O6/c1-7(12(22)18-8(14(24)25)5-10(16)20)17-13(23)9-3-2-4-19(9)11(21)6-15/h7-9H,2-6,15H2,1H3,(H2,16,20)(H,17,23)(H,18,22)(H,24,25). The topological polar surface area (TPSA) is 185 Å². The van der Waals surface area contributed by atoms with Gasteiger partial charge < -0.3 is 32.1 Å². The van der Waals surface area contributed by atoms with E-state index in [0.29, 0.717) is 19.4 Å². The fourth-order valence-corrected chi connectivity index (χ4v) is 2.53. The van der Waals surface area contributed by atoms with Gasteiger partial charge in [-0.3, -0.25) is 19.2 Å². The molecule has 140 valence electrons. The minimum Gasteiger partial charge on any atom is -0.480 e. The molecular formula is C14H23N5O6. The average Bonchev–Trinajstić information content (AvgIpc) is 3.02. The van der Waals surface area contributed by atoms with Crippen molar-refractivity contribution in [3.05, 3.63) is 0 Å². The Hall–Kier alpha value is -2.69. The molecule has 0 radical (unpaired) electrons. The molecule has 0 saturated carbocycles. The molecule has 3 unspecified atom stereocenters. The van der Waals surface area contributed by atoms with Crippen molar-refractivity contribution in [3.63, 3.8) is 0 Å². The first kappa shape index (κ1) is 20.4. The number of carbonyl (C=O) groups excluding carboxylic acids is 4. The van der Waals surface area contributed by atoms with Gasteiger partial charge in [0.25, 0.3) is 0 Å². The third-order valence-electron chi connectivity index (χ3n) is 3.82. The predicted molar refractivity (Wildman–Crippen MR) is 84.8 cm³/mol. The van der Waals surface area contributed by atoms with Gasteiger partial charge >= 0.3 is 5.97 Å². The Balaban J connectivity index is 2.64. The van der Waals surface area contributed by atoms with Crippen molar-refractivity contribution in [2.75, 3.05) is 13.1 Å². The zero-order valence-corrected chi connectivity index (χ0v) is 13.9. The van der Waals surface area contributed by atoms with Gasteiger partial charge in [0.1, 0.15) is 18.1 Å². The van der Waals surface area contributed by atoms with Gasteiger partial charge in [0, 0.05) is 6.54 Å². The number of aliphatic carboxylic acids is 1. The van der Waals surface area contributed by atoms with Crippen molar-refractivity contribution < 1.29 is 29.1 Å². The highest BCUT2D eigenvalue weighted by Gasteiger charge is 2.35. The Bertz CT molecular complexity index is 566. The van der Waals surface area contributed by atoms with E-state index in [4.69, 9.17) is 16.6 Å². The van der Waals surface area contributed by atoms with Crippen LogP contribution < -0.4 is 22.1 Å². The first-order chi connectivity index (χ1) is 11.7.